The van der Waals surface area contributed by atoms with Crippen LogP contribution in [0.4, 0.5) is 45.5 Å². The highest BCUT2D eigenvalue weighted by Gasteiger charge is 2.30. The maximum absolute atomic E-state index is 11.1. The van der Waals surface area contributed by atoms with Gasteiger partial charge in [0.1, 0.15) is 22.7 Å². The van der Waals surface area contributed by atoms with Crippen molar-refractivity contribution in [2.24, 2.45) is 20.0 Å². The third-order valence-electron chi connectivity index (χ3n) is 20.2. The predicted molar refractivity (Wildman–Crippen MR) is 441 cm³/mol. The number of aliphatic hydroxyl groups excluding tert-OH is 4. The van der Waals surface area contributed by atoms with Crippen molar-refractivity contribution in [2.45, 2.75) is 147 Å². The fraction of sp³-hybridized carbons (Fsp3) is 0.239. The molecule has 0 radical (unpaired) electrons. The highest BCUT2D eigenvalue weighted by atomic mass is 16.3. The largest absolute Gasteiger partial charge is 0.480 e. The minimum atomic E-state index is -0.191. The summed E-state index contributed by atoms with van der Waals surface area (Å²) < 4.78 is 13.3. The molecular weight excluding hydrogens is 1370 g/mol. The molecule has 18 nitrogen and oxygen atoms in total. The van der Waals surface area contributed by atoms with Crippen molar-refractivity contribution in [3.8, 4) is 11.1 Å². The molecule has 12 rings (SSSR count). The second kappa shape index (κ2) is 36.3. The van der Waals surface area contributed by atoms with Crippen molar-refractivity contribution in [2.75, 3.05) is 21.3 Å². The standard InChI is InChI=1S/C92H98N14O4/c1-11-77-83(78(12-2)86(60-104-46-18-22-74(54-104)98-90(108)94-70-35-27-64(8)28-36-70)81(15-5)85(77)59-103-45-17-21-73(53-103)97-89(107)93-69-33-25-63(7)26-34-69)57-101-49-41-67(42-50-101)68-43-51-102(52-44-68)58-84-79(13-3)87(61-105-47-19-23-75(55-105)99-91(109)95-71-37-29-65(9)30-38-71)82(16-6)88(80(84)14-4)62-106-48-20-24-76(56-106)100-92(110)96-72-39-31-66(10)32-40-72/h17-56H,11-16,57-62H2,1-10H3,(H4-4,93,94,95,96,97,98,99,100,107,108,109,110)/q+2/p+4. The van der Waals surface area contributed by atoms with Gasteiger partial charge in [0.2, 0.25) is 0 Å². The van der Waals surface area contributed by atoms with Gasteiger partial charge in [-0.15, -0.1) is 0 Å². The van der Waals surface area contributed by atoms with Crippen LogP contribution in [-0.4, -0.2) is 44.5 Å². The molecule has 0 aliphatic heterocycles. The summed E-state index contributed by atoms with van der Waals surface area (Å²) in [4.78, 5) is 18.4. The summed E-state index contributed by atoms with van der Waals surface area (Å²) >= 11 is 0. The van der Waals surface area contributed by atoms with Crippen LogP contribution in [0.15, 0.2) is 264 Å². The molecule has 0 aliphatic rings. The Morgan fingerprint density at radius 2 is 0.436 bits per heavy atom. The van der Waals surface area contributed by atoms with Gasteiger partial charge in [-0.3, -0.25) is 0 Å². The summed E-state index contributed by atoms with van der Waals surface area (Å²) in [6, 6.07) is 55.0. The number of aliphatic hydroxyl groups is 4. The number of aliphatic imine (C=N–C) groups is 4. The van der Waals surface area contributed by atoms with E-state index < -0.39 is 0 Å². The van der Waals surface area contributed by atoms with E-state index in [0.29, 0.717) is 62.0 Å². The van der Waals surface area contributed by atoms with Gasteiger partial charge in [-0.05, 0) is 184 Å². The molecule has 6 heterocycles. The minimum absolute atomic E-state index is 0.191. The maximum atomic E-state index is 11.1. The highest BCUT2D eigenvalue weighted by Crippen LogP contribution is 2.34. The Labute approximate surface area is 646 Å². The average molecular weight is 1470 g/mol. The third kappa shape index (κ3) is 19.7. The van der Waals surface area contributed by atoms with E-state index >= 15 is 0 Å². The highest BCUT2D eigenvalue weighted by molar-refractivity contribution is 5.91. The lowest BCUT2D eigenvalue weighted by atomic mass is 9.83. The van der Waals surface area contributed by atoms with Gasteiger partial charge in [0.05, 0.1) is 0 Å². The number of rotatable bonds is 27. The van der Waals surface area contributed by atoms with E-state index in [2.05, 4.69) is 184 Å². The molecule has 0 bridgehead atoms. The van der Waals surface area contributed by atoms with E-state index in [-0.39, 0.29) is 24.1 Å². The van der Waals surface area contributed by atoms with Crippen molar-refractivity contribution in [3.63, 3.8) is 0 Å². The van der Waals surface area contributed by atoms with Gasteiger partial charge in [0.25, 0.3) is 24.1 Å². The number of amidine groups is 4. The Hall–Kier alpha value is -12.7. The molecule has 0 unspecified atom stereocenters. The lowest BCUT2D eigenvalue weighted by molar-refractivity contribution is -0.690. The molecule has 0 saturated heterocycles. The number of benzene rings is 6. The molecule has 18 heteroatoms. The molecular formula is C92H102N14O4+6. The number of hydrogen-bond acceptors (Lipinski definition) is 4. The van der Waals surface area contributed by atoms with Gasteiger partial charge in [0, 0.05) is 105 Å². The van der Waals surface area contributed by atoms with Gasteiger partial charge < -0.3 is 41.7 Å². The zero-order valence-corrected chi connectivity index (χ0v) is 64.8. The van der Waals surface area contributed by atoms with E-state index in [1.807, 2.05) is 198 Å². The Morgan fingerprint density at radius 3 is 0.627 bits per heavy atom. The Balaban J connectivity index is 0.863. The van der Waals surface area contributed by atoms with E-state index in [0.717, 1.165) is 94.7 Å². The Kier molecular flexibility index (Phi) is 25.4. The van der Waals surface area contributed by atoms with Crippen LogP contribution in [0, 0.1) is 27.7 Å². The van der Waals surface area contributed by atoms with Crippen LogP contribution in [0.25, 0.3) is 11.1 Å². The van der Waals surface area contributed by atoms with Crippen molar-refractivity contribution in [1.29, 1.82) is 0 Å². The first-order valence-corrected chi connectivity index (χ1v) is 38.2. The molecule has 0 atom stereocenters. The molecule has 0 aliphatic carbocycles. The summed E-state index contributed by atoms with van der Waals surface area (Å²) in [5, 5.41) is 56.5. The molecule has 0 spiro atoms. The van der Waals surface area contributed by atoms with Crippen LogP contribution < -0.4 is 48.7 Å². The lowest BCUT2D eigenvalue weighted by Gasteiger charge is -2.23. The molecule has 12 aromatic rings. The molecule has 0 amide bonds. The predicted octanol–water partition coefficient (Wildman–Crippen LogP) is 16.6. The van der Waals surface area contributed by atoms with Crippen molar-refractivity contribution in [3.05, 3.63) is 333 Å². The lowest BCUT2D eigenvalue weighted by Crippen LogP contribution is -2.39. The minimum Gasteiger partial charge on any atom is -0.480 e. The zero-order chi connectivity index (χ0) is 77.2. The second-order valence-electron chi connectivity index (χ2n) is 28.0. The summed E-state index contributed by atoms with van der Waals surface area (Å²) in [7, 11) is 0. The van der Waals surface area contributed by atoms with Gasteiger partial charge in [-0.1, -0.05) is 112 Å². The van der Waals surface area contributed by atoms with Crippen molar-refractivity contribution < 1.29 is 47.8 Å². The molecule has 6 aromatic carbocycles. The molecule has 8 N–H and O–H groups in total. The maximum Gasteiger partial charge on any atom is 0.292 e. The zero-order valence-electron chi connectivity index (χ0n) is 64.8. The van der Waals surface area contributed by atoms with Crippen LogP contribution in [-0.2, 0) is 77.8 Å². The van der Waals surface area contributed by atoms with Crippen LogP contribution >= 0.6 is 0 Å². The molecule has 6 aromatic heterocycles. The fourth-order valence-corrected chi connectivity index (χ4v) is 14.9. The molecule has 558 valence electrons. The first-order chi connectivity index (χ1) is 53.4. The van der Waals surface area contributed by atoms with Crippen molar-refractivity contribution >= 4 is 69.6 Å². The second-order valence-corrected chi connectivity index (χ2v) is 28.0. The monoisotopic (exact) mass is 1470 g/mol. The van der Waals surface area contributed by atoms with E-state index in [4.69, 9.17) is 0 Å². The van der Waals surface area contributed by atoms with Gasteiger partial charge in [-0.25, -0.2) is 9.13 Å². The summed E-state index contributed by atoms with van der Waals surface area (Å²) in [6.07, 6.45) is 29.9. The number of pyridine rings is 6. The fourth-order valence-electron chi connectivity index (χ4n) is 14.9. The number of aryl methyl sites for hydroxylation is 4. The number of nitrogens with zero attached hydrogens (tertiary/aromatic N) is 10. The first-order valence-electron chi connectivity index (χ1n) is 38.2. The molecule has 0 saturated carbocycles. The van der Waals surface area contributed by atoms with Gasteiger partial charge in [-0.2, -0.15) is 38.2 Å². The molecule has 110 heavy (non-hydrogen) atoms. The topological polar surface area (TPSA) is 202 Å². The van der Waals surface area contributed by atoms with Crippen LogP contribution in [0.3, 0.4) is 0 Å². The Morgan fingerprint density at radius 1 is 0.245 bits per heavy atom. The normalized spacial score (nSPS) is 12.0. The van der Waals surface area contributed by atoms with Crippen molar-refractivity contribution in [1.82, 2.24) is 0 Å². The summed E-state index contributed by atoms with van der Waals surface area (Å²) in [5.41, 5.74) is 27.7. The number of nitrogens with one attached hydrogen (secondary N) is 4. The van der Waals surface area contributed by atoms with E-state index in [9.17, 15) is 20.4 Å². The quantitative estimate of drug-likeness (QED) is 0.0141. The number of anilines is 4. The molecule has 0 fully saturated rings. The SMILES string of the molecule is CCc1c(C[n+]2ccc(-c3cc[n+](Cc4c(CC)c(C[n+]5cccc(N=C(O)Nc6ccc(C)cc6)c5)c(CC)c(C[n+]5cccc(N=C(O)Nc6ccc(C)cc6)c5)c4CC)cc3)cc2)c(CC)c(C[n+]2cccc(N=C(O)Nc3ccc(C)cc3)c2)c(CC)c1C[n+]1cccc(N=C(O)Nc2ccc(C)cc2)c1. The van der Waals surface area contributed by atoms with E-state index in [1.54, 1.807) is 0 Å². The van der Waals surface area contributed by atoms with Crippen LogP contribution in [0.1, 0.15) is 131 Å². The average Bonchev–Trinajstić information content (AvgIpc) is 0.764. The van der Waals surface area contributed by atoms with E-state index in [1.165, 1.54) is 66.8 Å². The van der Waals surface area contributed by atoms with Crippen LogP contribution in [0.5, 0.6) is 0 Å². The number of aromatic nitrogens is 6. The van der Waals surface area contributed by atoms with Gasteiger partial charge in [0.15, 0.2) is 114 Å². The summed E-state index contributed by atoms with van der Waals surface area (Å²) in [6.45, 7) is 25.3. The Bertz CT molecular complexity index is 4720. The smallest absolute Gasteiger partial charge is 0.292 e. The summed E-state index contributed by atoms with van der Waals surface area (Å²) in [5.74, 6) is 0. The third-order valence-corrected chi connectivity index (χ3v) is 20.2. The van der Waals surface area contributed by atoms with Crippen LogP contribution in [0.2, 0.25) is 0 Å². The first kappa shape index (κ1) is 76.9. The number of hydrogen-bond donors (Lipinski definition) is 8. The van der Waals surface area contributed by atoms with Gasteiger partial charge >= 0.3 is 0 Å².